The van der Waals surface area contributed by atoms with Crippen LogP contribution in [-0.4, -0.2) is 16.1 Å². The molecular formula is C14H12Br2N2O2. The lowest BCUT2D eigenvalue weighted by molar-refractivity contribution is 0.0696. The topological polar surface area (TPSA) is 62.2 Å². The molecule has 0 saturated heterocycles. The lowest BCUT2D eigenvalue weighted by Gasteiger charge is -2.11. The summed E-state index contributed by atoms with van der Waals surface area (Å²) in [5.41, 5.74) is 1.77. The molecule has 2 N–H and O–H groups in total. The molecule has 0 amide bonds. The second-order valence-electron chi connectivity index (χ2n) is 4.11. The van der Waals surface area contributed by atoms with Gasteiger partial charge in [0, 0.05) is 14.6 Å². The molecule has 1 heterocycles. The summed E-state index contributed by atoms with van der Waals surface area (Å²) >= 11 is 6.90. The number of aromatic carboxylic acids is 1. The van der Waals surface area contributed by atoms with E-state index >= 15 is 0 Å². The molecule has 0 aliphatic rings. The number of nitrogens with zero attached hydrogens (tertiary/aromatic N) is 1. The van der Waals surface area contributed by atoms with Gasteiger partial charge in [-0.3, -0.25) is 0 Å². The molecule has 0 aliphatic heterocycles. The molecule has 20 heavy (non-hydrogen) atoms. The fraction of sp³-hybridized carbons (Fsp3) is 0.143. The number of anilines is 2. The number of hydrogen-bond acceptors (Lipinski definition) is 3. The Bertz CT molecular complexity index is 639. The van der Waals surface area contributed by atoms with Crippen LogP contribution in [0.2, 0.25) is 0 Å². The Morgan fingerprint density at radius 3 is 2.50 bits per heavy atom. The van der Waals surface area contributed by atoms with E-state index in [1.54, 1.807) is 6.07 Å². The fourth-order valence-electron chi connectivity index (χ4n) is 1.70. The third-order valence-electron chi connectivity index (χ3n) is 2.70. The summed E-state index contributed by atoms with van der Waals surface area (Å²) in [6.45, 7) is 1.94. The molecule has 2 rings (SSSR count). The molecule has 0 saturated carbocycles. The number of carbonyl (C=O) groups is 1. The summed E-state index contributed by atoms with van der Waals surface area (Å²) in [6.07, 6.45) is 0.674. The van der Waals surface area contributed by atoms with E-state index < -0.39 is 5.97 Å². The molecule has 0 unspecified atom stereocenters. The number of carboxylic acid groups (broad SMARTS) is 1. The molecule has 2 aromatic rings. The van der Waals surface area contributed by atoms with Gasteiger partial charge in [0.25, 0.3) is 0 Å². The number of para-hydroxylation sites is 1. The van der Waals surface area contributed by atoms with Gasteiger partial charge in [-0.05, 0) is 62.5 Å². The molecule has 4 nitrogen and oxygen atoms in total. The highest BCUT2D eigenvalue weighted by molar-refractivity contribution is 9.11. The van der Waals surface area contributed by atoms with Crippen molar-refractivity contribution in [3.05, 3.63) is 50.5 Å². The molecule has 1 aromatic carbocycles. The van der Waals surface area contributed by atoms with Crippen LogP contribution in [-0.2, 0) is 6.42 Å². The lowest BCUT2D eigenvalue weighted by atomic mass is 10.2. The fourth-order valence-corrected chi connectivity index (χ4v) is 2.90. The van der Waals surface area contributed by atoms with Crippen molar-refractivity contribution in [2.45, 2.75) is 13.3 Å². The van der Waals surface area contributed by atoms with Crippen LogP contribution in [0.3, 0.4) is 0 Å². The van der Waals surface area contributed by atoms with Gasteiger partial charge in [-0.2, -0.15) is 0 Å². The maximum atomic E-state index is 11.1. The first-order valence-corrected chi connectivity index (χ1v) is 7.55. The van der Waals surface area contributed by atoms with E-state index in [0.717, 1.165) is 20.3 Å². The zero-order chi connectivity index (χ0) is 14.7. The molecule has 0 radical (unpaired) electrons. The van der Waals surface area contributed by atoms with E-state index in [1.807, 2.05) is 25.1 Å². The number of aromatic nitrogens is 1. The number of halogens is 2. The van der Waals surface area contributed by atoms with E-state index in [2.05, 4.69) is 42.2 Å². The zero-order valence-corrected chi connectivity index (χ0v) is 13.8. The summed E-state index contributed by atoms with van der Waals surface area (Å²) in [6, 6.07) is 8.80. The largest absolute Gasteiger partial charge is 0.478 e. The Morgan fingerprint density at radius 1 is 1.30 bits per heavy atom. The van der Waals surface area contributed by atoms with Crippen LogP contribution in [0, 0.1) is 0 Å². The summed E-state index contributed by atoms with van der Waals surface area (Å²) in [5.74, 6) is -0.453. The Labute approximate surface area is 133 Å². The van der Waals surface area contributed by atoms with Crippen molar-refractivity contribution in [3.8, 4) is 0 Å². The smallest absolute Gasteiger partial charge is 0.335 e. The van der Waals surface area contributed by atoms with Gasteiger partial charge in [-0.15, -0.1) is 0 Å². The molecule has 104 valence electrons. The van der Waals surface area contributed by atoms with Crippen molar-refractivity contribution in [1.29, 1.82) is 0 Å². The van der Waals surface area contributed by atoms with Crippen LogP contribution >= 0.6 is 31.9 Å². The van der Waals surface area contributed by atoms with Crippen LogP contribution in [0.15, 0.2) is 39.3 Å². The van der Waals surface area contributed by atoms with Gasteiger partial charge in [-0.25, -0.2) is 9.78 Å². The van der Waals surface area contributed by atoms with Crippen molar-refractivity contribution in [1.82, 2.24) is 4.98 Å². The SMILES string of the molecule is CCc1cc(C(=O)O)cc(Nc2c(Br)cccc2Br)n1. The van der Waals surface area contributed by atoms with Crippen LogP contribution in [0.25, 0.3) is 0 Å². The highest BCUT2D eigenvalue weighted by Gasteiger charge is 2.10. The Balaban J connectivity index is 2.43. The van der Waals surface area contributed by atoms with E-state index in [1.165, 1.54) is 6.07 Å². The van der Waals surface area contributed by atoms with Crippen LogP contribution in [0.4, 0.5) is 11.5 Å². The minimum atomic E-state index is -0.962. The van der Waals surface area contributed by atoms with Gasteiger partial charge in [0.05, 0.1) is 11.3 Å². The van der Waals surface area contributed by atoms with Crippen molar-refractivity contribution < 1.29 is 9.90 Å². The monoisotopic (exact) mass is 398 g/mol. The summed E-state index contributed by atoms with van der Waals surface area (Å²) in [7, 11) is 0. The summed E-state index contributed by atoms with van der Waals surface area (Å²) < 4.78 is 1.74. The number of aryl methyl sites for hydroxylation is 1. The van der Waals surface area contributed by atoms with Crippen molar-refractivity contribution in [2.75, 3.05) is 5.32 Å². The van der Waals surface area contributed by atoms with E-state index in [4.69, 9.17) is 5.11 Å². The number of carboxylic acids is 1. The summed E-state index contributed by atoms with van der Waals surface area (Å²) in [4.78, 5) is 15.5. The molecule has 1 aromatic heterocycles. The number of pyridine rings is 1. The van der Waals surface area contributed by atoms with Crippen molar-refractivity contribution in [3.63, 3.8) is 0 Å². The molecule has 0 fully saturated rings. The number of hydrogen-bond donors (Lipinski definition) is 2. The van der Waals surface area contributed by atoms with Crippen molar-refractivity contribution >= 4 is 49.3 Å². The minimum absolute atomic E-state index is 0.225. The van der Waals surface area contributed by atoms with Gasteiger partial charge in [0.2, 0.25) is 0 Å². The average Bonchev–Trinajstić information content (AvgIpc) is 2.42. The molecule has 6 heteroatoms. The van der Waals surface area contributed by atoms with E-state index in [-0.39, 0.29) is 5.56 Å². The Kier molecular flexibility index (Phi) is 4.77. The minimum Gasteiger partial charge on any atom is -0.478 e. The van der Waals surface area contributed by atoms with Crippen LogP contribution in [0.5, 0.6) is 0 Å². The zero-order valence-electron chi connectivity index (χ0n) is 10.7. The maximum Gasteiger partial charge on any atom is 0.335 e. The highest BCUT2D eigenvalue weighted by Crippen LogP contribution is 2.32. The highest BCUT2D eigenvalue weighted by atomic mass is 79.9. The predicted octanol–water partition coefficient (Wildman–Crippen LogP) is 4.61. The standard InChI is InChI=1S/C14H12Br2N2O2/c1-2-9-6-8(14(19)20)7-12(17-9)18-13-10(15)4-3-5-11(13)16/h3-7H,2H2,1H3,(H,17,18)(H,19,20). The van der Waals surface area contributed by atoms with Gasteiger partial charge >= 0.3 is 5.97 Å². The molecule has 0 bridgehead atoms. The predicted molar refractivity (Wildman–Crippen MR) is 85.7 cm³/mol. The Morgan fingerprint density at radius 2 is 1.95 bits per heavy atom. The molecular weight excluding hydrogens is 388 g/mol. The quantitative estimate of drug-likeness (QED) is 0.787. The third-order valence-corrected chi connectivity index (χ3v) is 4.03. The lowest BCUT2D eigenvalue weighted by Crippen LogP contribution is -2.04. The number of rotatable bonds is 4. The van der Waals surface area contributed by atoms with E-state index in [9.17, 15) is 4.79 Å². The maximum absolute atomic E-state index is 11.1. The normalized spacial score (nSPS) is 10.3. The van der Waals surface area contributed by atoms with Gasteiger partial charge in [-0.1, -0.05) is 13.0 Å². The Hall–Kier alpha value is -1.40. The molecule has 0 spiro atoms. The van der Waals surface area contributed by atoms with Crippen molar-refractivity contribution in [2.24, 2.45) is 0 Å². The van der Waals surface area contributed by atoms with Crippen LogP contribution < -0.4 is 5.32 Å². The average molecular weight is 400 g/mol. The van der Waals surface area contributed by atoms with Crippen LogP contribution in [0.1, 0.15) is 23.0 Å². The second kappa shape index (κ2) is 6.37. The first-order chi connectivity index (χ1) is 9.51. The van der Waals surface area contributed by atoms with Gasteiger partial charge in [0.15, 0.2) is 0 Å². The van der Waals surface area contributed by atoms with E-state index in [0.29, 0.717) is 12.2 Å². The number of benzene rings is 1. The second-order valence-corrected chi connectivity index (χ2v) is 5.82. The van der Waals surface area contributed by atoms with Gasteiger partial charge in [0.1, 0.15) is 5.82 Å². The number of nitrogens with one attached hydrogen (secondary N) is 1. The molecule has 0 aliphatic carbocycles. The first kappa shape index (κ1) is 15.0. The first-order valence-electron chi connectivity index (χ1n) is 5.96. The molecule has 0 atom stereocenters. The van der Waals surface area contributed by atoms with Gasteiger partial charge < -0.3 is 10.4 Å². The summed E-state index contributed by atoms with van der Waals surface area (Å²) in [5, 5.41) is 12.3. The third kappa shape index (κ3) is 3.37.